The van der Waals surface area contributed by atoms with Crippen LogP contribution in [0.15, 0.2) is 71.4 Å². The largest absolute Gasteiger partial charge is 0.497 e. The topological polar surface area (TPSA) is 76.5 Å². The molecule has 0 spiro atoms. The second-order valence-electron chi connectivity index (χ2n) is 9.17. The van der Waals surface area contributed by atoms with E-state index in [9.17, 15) is 9.59 Å². The minimum atomic E-state index is -0.193. The van der Waals surface area contributed by atoms with Crippen LogP contribution >= 0.6 is 23.1 Å². The Balaban J connectivity index is 1.75. The summed E-state index contributed by atoms with van der Waals surface area (Å²) in [5, 5.41) is 12.2. The molecule has 0 aliphatic carbocycles. The van der Waals surface area contributed by atoms with Gasteiger partial charge in [0.05, 0.1) is 29.5 Å². The van der Waals surface area contributed by atoms with Crippen LogP contribution in [0.1, 0.15) is 36.6 Å². The maximum Gasteiger partial charge on any atom is 0.240 e. The van der Waals surface area contributed by atoms with Crippen molar-refractivity contribution < 1.29 is 14.3 Å². The Kier molecular flexibility index (Phi) is 7.85. The van der Waals surface area contributed by atoms with Crippen molar-refractivity contribution >= 4 is 40.7 Å². The van der Waals surface area contributed by atoms with Crippen molar-refractivity contribution in [3.8, 4) is 22.7 Å². The summed E-state index contributed by atoms with van der Waals surface area (Å²) in [7, 11) is 1.63. The van der Waals surface area contributed by atoms with Crippen molar-refractivity contribution in [1.29, 1.82) is 0 Å². The van der Waals surface area contributed by atoms with Crippen LogP contribution in [0.5, 0.6) is 5.75 Å². The maximum absolute atomic E-state index is 13.7. The molecule has 0 saturated heterocycles. The highest BCUT2D eigenvalue weighted by Crippen LogP contribution is 2.48. The molecule has 0 radical (unpaired) electrons. The van der Waals surface area contributed by atoms with E-state index in [2.05, 4.69) is 22.1 Å². The quantitative estimate of drug-likeness (QED) is 0.307. The molecule has 1 aliphatic rings. The van der Waals surface area contributed by atoms with Gasteiger partial charge in [-0.2, -0.15) is 16.4 Å². The second-order valence-corrected chi connectivity index (χ2v) is 11.0. The summed E-state index contributed by atoms with van der Waals surface area (Å²) >= 11 is 3.20. The zero-order chi connectivity index (χ0) is 26.6. The molecule has 38 heavy (non-hydrogen) atoms. The van der Waals surface area contributed by atoms with Gasteiger partial charge in [0.1, 0.15) is 18.1 Å². The van der Waals surface area contributed by atoms with Gasteiger partial charge in [-0.05, 0) is 60.0 Å². The number of ether oxygens (including phenoxy) is 1. The number of nitrogens with one attached hydrogen (secondary N) is 1. The predicted molar refractivity (Wildman–Crippen MR) is 154 cm³/mol. The van der Waals surface area contributed by atoms with Crippen molar-refractivity contribution in [3.63, 3.8) is 0 Å². The minimum Gasteiger partial charge on any atom is -0.497 e. The van der Waals surface area contributed by atoms with E-state index in [4.69, 9.17) is 9.84 Å². The van der Waals surface area contributed by atoms with E-state index in [1.807, 2.05) is 68.4 Å². The molecule has 7 nitrogen and oxygen atoms in total. The number of hydrogen-bond acceptors (Lipinski definition) is 6. The second kappa shape index (κ2) is 11.4. The normalized spacial score (nSPS) is 16.0. The number of fused-ring (bicyclic) bond motifs is 1. The van der Waals surface area contributed by atoms with Crippen molar-refractivity contribution in [3.05, 3.63) is 82.6 Å². The Bertz CT molecular complexity index is 1400. The number of thiophene rings is 1. The highest BCUT2D eigenvalue weighted by atomic mass is 32.2. The van der Waals surface area contributed by atoms with Crippen molar-refractivity contribution in [2.24, 2.45) is 0 Å². The summed E-state index contributed by atoms with van der Waals surface area (Å²) in [5.74, 6) is 1.29. The number of carbonyl (C=O) groups is 2. The Morgan fingerprint density at radius 1 is 1.16 bits per heavy atom. The van der Waals surface area contributed by atoms with E-state index in [1.165, 1.54) is 0 Å². The number of benzene rings is 2. The van der Waals surface area contributed by atoms with Crippen LogP contribution in [0.2, 0.25) is 0 Å². The minimum absolute atomic E-state index is 0.0170. The van der Waals surface area contributed by atoms with Gasteiger partial charge in [-0.1, -0.05) is 37.3 Å². The average molecular weight is 547 g/mol. The van der Waals surface area contributed by atoms with Gasteiger partial charge in [0.2, 0.25) is 11.8 Å². The fourth-order valence-electron chi connectivity index (χ4n) is 4.49. The van der Waals surface area contributed by atoms with Crippen molar-refractivity contribution in [2.75, 3.05) is 24.3 Å². The highest BCUT2D eigenvalue weighted by molar-refractivity contribution is 8.00. The molecule has 3 heterocycles. The van der Waals surface area contributed by atoms with Crippen molar-refractivity contribution in [2.45, 2.75) is 31.6 Å². The number of thioether (sulfide) groups is 1. The third kappa shape index (κ3) is 5.21. The number of methoxy groups -OCH3 is 1. The first-order valence-electron chi connectivity index (χ1n) is 12.6. The van der Waals surface area contributed by atoms with Gasteiger partial charge in [-0.25, -0.2) is 4.68 Å². The molecule has 0 saturated carbocycles. The summed E-state index contributed by atoms with van der Waals surface area (Å²) in [5.41, 5.74) is 4.57. The molecule has 5 rings (SSSR count). The third-order valence-corrected chi connectivity index (χ3v) is 8.58. The zero-order valence-corrected chi connectivity index (χ0v) is 23.2. The van der Waals surface area contributed by atoms with E-state index in [0.717, 1.165) is 40.2 Å². The summed E-state index contributed by atoms with van der Waals surface area (Å²) in [6.07, 6.45) is 0.808. The van der Waals surface area contributed by atoms with E-state index >= 15 is 0 Å². The molecule has 2 aromatic heterocycles. The van der Waals surface area contributed by atoms with E-state index < -0.39 is 0 Å². The third-order valence-electron chi connectivity index (χ3n) is 6.62. The smallest absolute Gasteiger partial charge is 0.240 e. The number of anilines is 1. The van der Waals surface area contributed by atoms with Crippen molar-refractivity contribution in [1.82, 2.24) is 15.1 Å². The number of hydrogen-bond donors (Lipinski definition) is 1. The summed E-state index contributed by atoms with van der Waals surface area (Å²) < 4.78 is 7.17. The molecule has 2 atom stereocenters. The van der Waals surface area contributed by atoms with Gasteiger partial charge in [0, 0.05) is 17.2 Å². The first-order chi connectivity index (χ1) is 18.5. The van der Waals surface area contributed by atoms with Crippen LogP contribution in [0, 0.1) is 0 Å². The molecule has 1 N–H and O–H groups in total. The lowest BCUT2D eigenvalue weighted by Gasteiger charge is -2.24. The first-order valence-corrected chi connectivity index (χ1v) is 14.6. The molecular weight excluding hydrogens is 516 g/mol. The molecule has 2 aromatic carbocycles. The lowest BCUT2D eigenvalue weighted by molar-refractivity contribution is -0.123. The Hall–Kier alpha value is -3.56. The lowest BCUT2D eigenvalue weighted by Crippen LogP contribution is -2.44. The molecule has 0 unspecified atom stereocenters. The zero-order valence-electron chi connectivity index (χ0n) is 21.6. The standard InChI is InChI=1S/C29H30N4O3S2/c1-4-19(2)30-24(34)16-32-25(35)18-38-28(21-14-15-37-17-21)26-27(20-8-6-5-7-9-20)31-33(29(26)32)22-10-12-23(36-3)13-11-22/h5-15,17,19,28H,4,16,18H2,1-3H3,(H,30,34)/t19-,28+/m1/s1. The molecular formula is C29H30N4O3S2. The lowest BCUT2D eigenvalue weighted by atomic mass is 10.0. The van der Waals surface area contributed by atoms with Crippen LogP contribution in [0.3, 0.4) is 0 Å². The van der Waals surface area contributed by atoms with Gasteiger partial charge in [-0.15, -0.1) is 11.8 Å². The van der Waals surface area contributed by atoms with Gasteiger partial charge in [0.25, 0.3) is 0 Å². The fraction of sp³-hybridized carbons (Fsp3) is 0.276. The Morgan fingerprint density at radius 2 is 1.92 bits per heavy atom. The van der Waals surface area contributed by atoms with Gasteiger partial charge < -0.3 is 10.1 Å². The summed E-state index contributed by atoms with van der Waals surface area (Å²) in [6, 6.07) is 19.7. The summed E-state index contributed by atoms with van der Waals surface area (Å²) in [6.45, 7) is 3.90. The summed E-state index contributed by atoms with van der Waals surface area (Å²) in [4.78, 5) is 28.4. The average Bonchev–Trinajstić information content (AvgIpc) is 3.59. The van der Waals surface area contributed by atoms with Gasteiger partial charge in [-0.3, -0.25) is 14.5 Å². The molecule has 0 fully saturated rings. The molecule has 196 valence electrons. The van der Waals surface area contributed by atoms with E-state index in [-0.39, 0.29) is 35.4 Å². The first kappa shape index (κ1) is 26.1. The van der Waals surface area contributed by atoms with Crippen LogP contribution < -0.4 is 15.0 Å². The van der Waals surface area contributed by atoms with E-state index in [1.54, 1.807) is 39.8 Å². The maximum atomic E-state index is 13.7. The van der Waals surface area contributed by atoms with Crippen LogP contribution in [-0.4, -0.2) is 47.0 Å². The Morgan fingerprint density at radius 3 is 2.58 bits per heavy atom. The van der Waals surface area contributed by atoms with Gasteiger partial charge >= 0.3 is 0 Å². The van der Waals surface area contributed by atoms with Crippen LogP contribution in [-0.2, 0) is 9.59 Å². The SMILES string of the molecule is CC[C@@H](C)NC(=O)CN1C(=O)CS[C@@H](c2ccsc2)c2c(-c3ccccc3)nn(-c3ccc(OC)cc3)c21. The fourth-order valence-corrected chi connectivity index (χ4v) is 6.45. The number of rotatable bonds is 8. The molecule has 4 aromatic rings. The van der Waals surface area contributed by atoms with E-state index in [0.29, 0.717) is 5.82 Å². The molecule has 0 bridgehead atoms. The monoisotopic (exact) mass is 546 g/mol. The number of amides is 2. The number of aromatic nitrogens is 2. The van der Waals surface area contributed by atoms with Crippen LogP contribution in [0.4, 0.5) is 5.82 Å². The molecule has 1 aliphatic heterocycles. The predicted octanol–water partition coefficient (Wildman–Crippen LogP) is 5.69. The number of nitrogens with zero attached hydrogens (tertiary/aromatic N) is 3. The molecule has 2 amide bonds. The van der Waals surface area contributed by atoms with Gasteiger partial charge in [0.15, 0.2) is 0 Å². The van der Waals surface area contributed by atoms with Crippen LogP contribution in [0.25, 0.3) is 16.9 Å². The molecule has 9 heteroatoms. The Labute approximate surface area is 230 Å². The number of carbonyl (C=O) groups excluding carboxylic acids is 2. The highest BCUT2D eigenvalue weighted by Gasteiger charge is 2.37.